The Morgan fingerprint density at radius 1 is 1.10 bits per heavy atom. The number of carboxylic acid groups (broad SMARTS) is 1. The number of carbonyl (C=O) groups is 2. The Kier molecular flexibility index (Phi) is 4.93. The van der Waals surface area contributed by atoms with Crippen LogP contribution >= 0.6 is 0 Å². The van der Waals surface area contributed by atoms with Crippen molar-refractivity contribution in [2.75, 3.05) is 5.32 Å². The lowest BCUT2D eigenvalue weighted by Gasteiger charge is -2.09. The highest BCUT2D eigenvalue weighted by atomic mass is 16.5. The summed E-state index contributed by atoms with van der Waals surface area (Å²) in [6, 6.07) is 9.58. The van der Waals surface area contributed by atoms with Crippen LogP contribution in [-0.4, -0.2) is 27.1 Å². The van der Waals surface area contributed by atoms with E-state index in [0.717, 1.165) is 5.39 Å². The number of carboxylic acids is 1. The molecule has 30 heavy (non-hydrogen) atoms. The minimum absolute atomic E-state index is 0.0271. The van der Waals surface area contributed by atoms with Crippen LogP contribution in [0.15, 0.2) is 51.5 Å². The predicted molar refractivity (Wildman–Crippen MR) is 106 cm³/mol. The Morgan fingerprint density at radius 3 is 2.60 bits per heavy atom. The maximum atomic E-state index is 12.7. The smallest absolute Gasteiger partial charge is 0.337 e. The van der Waals surface area contributed by atoms with Gasteiger partial charge in [0.05, 0.1) is 10.9 Å². The molecule has 1 amide bonds. The van der Waals surface area contributed by atoms with Gasteiger partial charge < -0.3 is 24.1 Å². The molecule has 0 saturated carbocycles. The van der Waals surface area contributed by atoms with Crippen LogP contribution in [0.25, 0.3) is 11.0 Å². The van der Waals surface area contributed by atoms with Gasteiger partial charge in [0.1, 0.15) is 41.0 Å². The Hall–Kier alpha value is -4.14. The van der Waals surface area contributed by atoms with Gasteiger partial charge >= 0.3 is 5.97 Å². The molecule has 0 saturated heterocycles. The molecule has 3 aromatic heterocycles. The lowest BCUT2D eigenvalue weighted by molar-refractivity contribution is 0.0696. The van der Waals surface area contributed by atoms with Gasteiger partial charge in [-0.2, -0.15) is 0 Å². The van der Waals surface area contributed by atoms with Crippen molar-refractivity contribution in [1.82, 2.24) is 10.1 Å². The summed E-state index contributed by atoms with van der Waals surface area (Å²) in [5.41, 5.74) is 1.45. The largest absolute Gasteiger partial charge is 0.486 e. The lowest BCUT2D eigenvalue weighted by Crippen LogP contribution is -2.13. The van der Waals surface area contributed by atoms with E-state index in [0.29, 0.717) is 34.1 Å². The predicted octanol–water partition coefficient (Wildman–Crippen LogP) is 3.96. The van der Waals surface area contributed by atoms with E-state index in [2.05, 4.69) is 15.5 Å². The van der Waals surface area contributed by atoms with Crippen molar-refractivity contribution in [3.8, 4) is 5.75 Å². The van der Waals surface area contributed by atoms with Crippen molar-refractivity contribution in [3.05, 3.63) is 70.9 Å². The summed E-state index contributed by atoms with van der Waals surface area (Å²) in [6.45, 7) is 3.76. The average molecular weight is 407 g/mol. The van der Waals surface area contributed by atoms with Crippen molar-refractivity contribution >= 4 is 28.7 Å². The molecule has 152 valence electrons. The van der Waals surface area contributed by atoms with Crippen molar-refractivity contribution in [1.29, 1.82) is 0 Å². The van der Waals surface area contributed by atoms with Crippen LogP contribution < -0.4 is 10.1 Å². The maximum Gasteiger partial charge on any atom is 0.337 e. The quantitative estimate of drug-likeness (QED) is 0.491. The monoisotopic (exact) mass is 407 g/mol. The van der Waals surface area contributed by atoms with E-state index in [1.54, 1.807) is 32.0 Å². The van der Waals surface area contributed by atoms with E-state index < -0.39 is 11.9 Å². The number of hydrogen-bond acceptors (Lipinski definition) is 7. The zero-order valence-electron chi connectivity index (χ0n) is 16.1. The number of aromatic nitrogens is 2. The third-order valence-corrected chi connectivity index (χ3v) is 4.29. The minimum Gasteiger partial charge on any atom is -0.486 e. The van der Waals surface area contributed by atoms with E-state index in [9.17, 15) is 9.59 Å². The Morgan fingerprint density at radius 2 is 1.93 bits per heavy atom. The van der Waals surface area contributed by atoms with Gasteiger partial charge in [-0.25, -0.2) is 9.78 Å². The van der Waals surface area contributed by atoms with E-state index in [-0.39, 0.29) is 18.0 Å². The first-order chi connectivity index (χ1) is 14.4. The molecule has 0 fully saturated rings. The fourth-order valence-corrected chi connectivity index (χ4v) is 2.90. The third-order valence-electron chi connectivity index (χ3n) is 4.29. The normalized spacial score (nSPS) is 10.9. The molecule has 0 aliphatic carbocycles. The molecule has 3 heterocycles. The molecule has 9 nitrogen and oxygen atoms in total. The number of furan rings is 1. The summed E-state index contributed by atoms with van der Waals surface area (Å²) in [5, 5.41) is 16.2. The molecule has 0 atom stereocenters. The van der Waals surface area contributed by atoms with Crippen LogP contribution in [0, 0.1) is 13.8 Å². The lowest BCUT2D eigenvalue weighted by atomic mass is 10.1. The molecule has 4 aromatic rings. The van der Waals surface area contributed by atoms with Gasteiger partial charge in [-0.3, -0.25) is 4.79 Å². The number of nitrogens with zero attached hydrogens (tertiary/aromatic N) is 2. The number of ether oxygens (including phenoxy) is 1. The molecule has 1 aromatic carbocycles. The fourth-order valence-electron chi connectivity index (χ4n) is 2.90. The maximum absolute atomic E-state index is 12.7. The number of pyridine rings is 1. The first kappa shape index (κ1) is 19.2. The molecule has 0 aliphatic rings. The SMILES string of the molecule is Cc1cc(COc2cc(C(=O)Nc3ccc(C(=O)O)cn3)cc3oc(C)cc23)no1. The number of benzene rings is 1. The topological polar surface area (TPSA) is 128 Å². The number of hydrogen-bond donors (Lipinski definition) is 2. The minimum atomic E-state index is -1.09. The number of carbonyl (C=O) groups excluding carboxylic acids is 1. The molecule has 9 heteroatoms. The third kappa shape index (κ3) is 4.00. The molecule has 4 rings (SSSR count). The number of amides is 1. The summed E-state index contributed by atoms with van der Waals surface area (Å²) < 4.78 is 16.6. The van der Waals surface area contributed by atoms with Crippen molar-refractivity contribution < 1.29 is 28.4 Å². The highest BCUT2D eigenvalue weighted by Gasteiger charge is 2.16. The van der Waals surface area contributed by atoms with Crippen LogP contribution in [0.5, 0.6) is 5.75 Å². The van der Waals surface area contributed by atoms with Gasteiger partial charge in [-0.1, -0.05) is 5.16 Å². The van der Waals surface area contributed by atoms with E-state index in [1.807, 2.05) is 6.07 Å². The van der Waals surface area contributed by atoms with Gasteiger partial charge in [-0.05, 0) is 44.2 Å². The second kappa shape index (κ2) is 7.70. The van der Waals surface area contributed by atoms with Gasteiger partial charge in [0.15, 0.2) is 0 Å². The first-order valence-electron chi connectivity index (χ1n) is 8.99. The van der Waals surface area contributed by atoms with Gasteiger partial charge in [0.2, 0.25) is 0 Å². The van der Waals surface area contributed by atoms with Crippen LogP contribution in [0.1, 0.15) is 37.9 Å². The highest BCUT2D eigenvalue weighted by Crippen LogP contribution is 2.31. The van der Waals surface area contributed by atoms with Crippen molar-refractivity contribution in [3.63, 3.8) is 0 Å². The number of rotatable bonds is 6. The van der Waals surface area contributed by atoms with Crippen LogP contribution in [0.3, 0.4) is 0 Å². The number of nitrogens with one attached hydrogen (secondary N) is 1. The van der Waals surface area contributed by atoms with Crippen molar-refractivity contribution in [2.45, 2.75) is 20.5 Å². The molecule has 0 radical (unpaired) electrons. The fraction of sp³-hybridized carbons (Fsp3) is 0.143. The number of fused-ring (bicyclic) bond motifs is 1. The summed E-state index contributed by atoms with van der Waals surface area (Å²) in [7, 11) is 0. The van der Waals surface area contributed by atoms with E-state index in [1.165, 1.54) is 18.3 Å². The second-order valence-corrected chi connectivity index (χ2v) is 6.65. The number of aromatic carboxylic acids is 1. The Balaban J connectivity index is 1.59. The van der Waals surface area contributed by atoms with Crippen LogP contribution in [-0.2, 0) is 6.61 Å². The summed E-state index contributed by atoms with van der Waals surface area (Å²) in [6.07, 6.45) is 1.17. The molecule has 0 aliphatic heterocycles. The van der Waals surface area contributed by atoms with Crippen LogP contribution in [0.2, 0.25) is 0 Å². The number of aryl methyl sites for hydroxylation is 2. The Bertz CT molecular complexity index is 1240. The zero-order chi connectivity index (χ0) is 21.3. The average Bonchev–Trinajstić information content (AvgIpc) is 3.30. The summed E-state index contributed by atoms with van der Waals surface area (Å²) in [5.74, 6) is 0.500. The van der Waals surface area contributed by atoms with Crippen molar-refractivity contribution in [2.24, 2.45) is 0 Å². The van der Waals surface area contributed by atoms with Gasteiger partial charge in [-0.15, -0.1) is 0 Å². The second-order valence-electron chi connectivity index (χ2n) is 6.65. The van der Waals surface area contributed by atoms with E-state index >= 15 is 0 Å². The number of anilines is 1. The highest BCUT2D eigenvalue weighted by molar-refractivity contribution is 6.06. The summed E-state index contributed by atoms with van der Waals surface area (Å²) in [4.78, 5) is 27.6. The first-order valence-corrected chi connectivity index (χ1v) is 8.99. The molecular weight excluding hydrogens is 390 g/mol. The molecule has 2 N–H and O–H groups in total. The Labute approximate surface area is 170 Å². The standard InChI is InChI=1S/C21H17N3O6/c1-11-6-16-17(28-10-15-5-12(2)30-24-15)7-14(8-18(16)29-11)20(25)23-19-4-3-13(9-22-19)21(26)27/h3-9H,10H2,1-2H3,(H,26,27)(H,22,23,25). The molecule has 0 spiro atoms. The molecular formula is C21H17N3O6. The van der Waals surface area contributed by atoms with E-state index in [4.69, 9.17) is 18.8 Å². The van der Waals surface area contributed by atoms with Crippen LogP contribution in [0.4, 0.5) is 5.82 Å². The van der Waals surface area contributed by atoms with Gasteiger partial charge in [0.25, 0.3) is 5.91 Å². The summed E-state index contributed by atoms with van der Waals surface area (Å²) >= 11 is 0. The van der Waals surface area contributed by atoms with Gasteiger partial charge in [0, 0.05) is 17.8 Å². The zero-order valence-corrected chi connectivity index (χ0v) is 16.1. The molecule has 0 unspecified atom stereocenters. The molecule has 0 bridgehead atoms.